The highest BCUT2D eigenvalue weighted by Gasteiger charge is 2.34. The van der Waals surface area contributed by atoms with Crippen molar-refractivity contribution in [2.45, 2.75) is 70.5 Å². The molecule has 2 aliphatic rings. The SMILES string of the molecule is Cc1cccc(F)c1C1CCCCC1.O=C1CCCN1c1ccc(=O)n(Cc2ncccc2C(F)(F)F)n1. The molecule has 1 aliphatic heterocycles. The Labute approximate surface area is 218 Å². The van der Waals surface area contributed by atoms with Gasteiger partial charge in [0.25, 0.3) is 5.56 Å². The lowest BCUT2D eigenvalue weighted by atomic mass is 9.82. The molecule has 0 atom stereocenters. The second-order valence-corrected chi connectivity index (χ2v) is 9.64. The van der Waals surface area contributed by atoms with Crippen LogP contribution in [0.5, 0.6) is 0 Å². The molecule has 2 fully saturated rings. The number of halogens is 4. The van der Waals surface area contributed by atoms with Crippen LogP contribution >= 0.6 is 0 Å². The molecule has 1 saturated heterocycles. The summed E-state index contributed by atoms with van der Waals surface area (Å²) >= 11 is 0. The van der Waals surface area contributed by atoms with Crippen LogP contribution in [0.3, 0.4) is 0 Å². The van der Waals surface area contributed by atoms with Gasteiger partial charge in [-0.15, -0.1) is 0 Å². The molecule has 1 aromatic carbocycles. The van der Waals surface area contributed by atoms with E-state index in [0.717, 1.165) is 21.9 Å². The first-order valence-corrected chi connectivity index (χ1v) is 12.8. The molecule has 0 unspecified atom stereocenters. The molecule has 202 valence electrons. The highest BCUT2D eigenvalue weighted by Crippen LogP contribution is 2.35. The number of amides is 1. The van der Waals surface area contributed by atoms with Gasteiger partial charge in [-0.2, -0.15) is 18.3 Å². The number of aromatic nitrogens is 3. The Morgan fingerprint density at radius 2 is 1.74 bits per heavy atom. The van der Waals surface area contributed by atoms with Gasteiger partial charge in [0.05, 0.1) is 17.8 Å². The number of nitrogens with zero attached hydrogens (tertiary/aromatic N) is 4. The van der Waals surface area contributed by atoms with Crippen LogP contribution in [-0.4, -0.2) is 27.2 Å². The summed E-state index contributed by atoms with van der Waals surface area (Å²) in [5, 5.41) is 4.03. The third-order valence-corrected chi connectivity index (χ3v) is 6.98. The zero-order chi connectivity index (χ0) is 27.3. The smallest absolute Gasteiger partial charge is 0.295 e. The lowest BCUT2D eigenvalue weighted by Gasteiger charge is -2.23. The minimum absolute atomic E-state index is 0.00287. The van der Waals surface area contributed by atoms with Crippen LogP contribution < -0.4 is 10.5 Å². The van der Waals surface area contributed by atoms with Crippen molar-refractivity contribution in [1.82, 2.24) is 14.8 Å². The molecule has 0 radical (unpaired) electrons. The summed E-state index contributed by atoms with van der Waals surface area (Å²) in [4.78, 5) is 28.8. The number of rotatable bonds is 4. The Bertz CT molecular complexity index is 1310. The second kappa shape index (κ2) is 11.9. The molecule has 0 N–H and O–H groups in total. The molecule has 0 bridgehead atoms. The van der Waals surface area contributed by atoms with Crippen LogP contribution in [0.25, 0.3) is 0 Å². The van der Waals surface area contributed by atoms with Crippen molar-refractivity contribution >= 4 is 11.7 Å². The molecule has 38 heavy (non-hydrogen) atoms. The predicted octanol–water partition coefficient (Wildman–Crippen LogP) is 6.01. The number of carbonyl (C=O) groups is 1. The maximum absolute atomic E-state index is 13.6. The number of hydrogen-bond donors (Lipinski definition) is 0. The van der Waals surface area contributed by atoms with Gasteiger partial charge in [-0.1, -0.05) is 31.4 Å². The van der Waals surface area contributed by atoms with E-state index in [2.05, 4.69) is 10.1 Å². The summed E-state index contributed by atoms with van der Waals surface area (Å²) in [6.07, 6.45) is 3.90. The van der Waals surface area contributed by atoms with Crippen molar-refractivity contribution in [3.8, 4) is 0 Å². The van der Waals surface area contributed by atoms with E-state index in [1.807, 2.05) is 13.0 Å². The minimum Gasteiger partial charge on any atom is -0.295 e. The number of alkyl halides is 3. The fourth-order valence-corrected chi connectivity index (χ4v) is 5.10. The van der Waals surface area contributed by atoms with Gasteiger partial charge in [-0.25, -0.2) is 9.07 Å². The molecule has 3 aromatic rings. The van der Waals surface area contributed by atoms with Crippen LogP contribution in [0.1, 0.15) is 73.2 Å². The van der Waals surface area contributed by atoms with Crippen molar-refractivity contribution in [1.29, 1.82) is 0 Å². The molecule has 2 aromatic heterocycles. The highest BCUT2D eigenvalue weighted by atomic mass is 19.4. The number of pyridine rings is 1. The average molecular weight is 531 g/mol. The lowest BCUT2D eigenvalue weighted by molar-refractivity contribution is -0.138. The molecule has 1 amide bonds. The zero-order valence-corrected chi connectivity index (χ0v) is 21.2. The second-order valence-electron chi connectivity index (χ2n) is 9.64. The topological polar surface area (TPSA) is 68.1 Å². The van der Waals surface area contributed by atoms with Crippen molar-refractivity contribution in [2.75, 3.05) is 11.4 Å². The van der Waals surface area contributed by atoms with E-state index in [4.69, 9.17) is 0 Å². The molecule has 10 heteroatoms. The van der Waals surface area contributed by atoms with E-state index in [1.54, 1.807) is 12.1 Å². The fraction of sp³-hybridized carbons (Fsp3) is 0.429. The Kier molecular flexibility index (Phi) is 8.58. The Balaban J connectivity index is 0.000000204. The number of hydrogen-bond acceptors (Lipinski definition) is 4. The molecule has 3 heterocycles. The molecule has 5 rings (SSSR count). The average Bonchev–Trinajstić information content (AvgIpc) is 3.32. The number of benzene rings is 1. The maximum atomic E-state index is 13.6. The molecule has 6 nitrogen and oxygen atoms in total. The van der Waals surface area contributed by atoms with E-state index >= 15 is 0 Å². The monoisotopic (exact) mass is 530 g/mol. The van der Waals surface area contributed by atoms with Crippen molar-refractivity contribution in [3.05, 3.63) is 87.2 Å². The molecular weight excluding hydrogens is 500 g/mol. The third kappa shape index (κ3) is 6.46. The summed E-state index contributed by atoms with van der Waals surface area (Å²) in [5.74, 6) is 0.602. The zero-order valence-electron chi connectivity index (χ0n) is 21.2. The van der Waals surface area contributed by atoms with Crippen LogP contribution in [0.15, 0.2) is 53.5 Å². The largest absolute Gasteiger partial charge is 0.418 e. The van der Waals surface area contributed by atoms with E-state index < -0.39 is 23.8 Å². The van der Waals surface area contributed by atoms with E-state index in [0.29, 0.717) is 25.3 Å². The van der Waals surface area contributed by atoms with E-state index in [1.165, 1.54) is 61.4 Å². The summed E-state index contributed by atoms with van der Waals surface area (Å²) in [5.41, 5.74) is 0.319. The molecule has 0 spiro atoms. The highest BCUT2D eigenvalue weighted by molar-refractivity contribution is 5.94. The van der Waals surface area contributed by atoms with Crippen molar-refractivity contribution in [3.63, 3.8) is 0 Å². The predicted molar refractivity (Wildman–Crippen MR) is 135 cm³/mol. The standard InChI is InChI=1S/C15H13F3N4O2.C13H17F/c16-15(17,18)10-3-1-7-19-11(10)9-22-14(24)6-5-12(20-22)21-8-2-4-13(21)23;1-10-6-5-9-12(14)13(10)11-7-3-2-4-8-11/h1,3,5-7H,2,4,8-9H2;5-6,9,11H,2-4,7-8H2,1H3. The molecular formula is C28H30F4N4O2. The van der Waals surface area contributed by atoms with E-state index in [9.17, 15) is 27.2 Å². The normalized spacial score (nSPS) is 16.3. The summed E-state index contributed by atoms with van der Waals surface area (Å²) < 4.78 is 53.6. The van der Waals surface area contributed by atoms with Crippen LogP contribution in [0.4, 0.5) is 23.4 Å². The first-order valence-electron chi connectivity index (χ1n) is 12.8. The summed E-state index contributed by atoms with van der Waals surface area (Å²) in [7, 11) is 0. The van der Waals surface area contributed by atoms with Gasteiger partial charge in [0.1, 0.15) is 5.82 Å². The lowest BCUT2D eigenvalue weighted by Crippen LogP contribution is -2.30. The van der Waals surface area contributed by atoms with Crippen LogP contribution in [0, 0.1) is 12.7 Å². The van der Waals surface area contributed by atoms with Gasteiger partial charge < -0.3 is 0 Å². The van der Waals surface area contributed by atoms with Gasteiger partial charge in [0, 0.05) is 25.2 Å². The van der Waals surface area contributed by atoms with E-state index in [-0.39, 0.29) is 23.2 Å². The number of anilines is 1. The van der Waals surface area contributed by atoms with Crippen molar-refractivity contribution in [2.24, 2.45) is 0 Å². The fourth-order valence-electron chi connectivity index (χ4n) is 5.10. The quantitative estimate of drug-likeness (QED) is 0.387. The molecule has 1 aliphatic carbocycles. The summed E-state index contributed by atoms with van der Waals surface area (Å²) in [6.45, 7) is 2.07. The first kappa shape index (κ1) is 27.5. The van der Waals surface area contributed by atoms with Gasteiger partial charge in [0.15, 0.2) is 5.82 Å². The van der Waals surface area contributed by atoms with Crippen LogP contribution in [0.2, 0.25) is 0 Å². The van der Waals surface area contributed by atoms with Gasteiger partial charge >= 0.3 is 6.18 Å². The third-order valence-electron chi connectivity index (χ3n) is 6.98. The van der Waals surface area contributed by atoms with Gasteiger partial charge in [-0.3, -0.25) is 19.5 Å². The Hall–Kier alpha value is -3.56. The summed E-state index contributed by atoms with van der Waals surface area (Å²) in [6, 6.07) is 10.1. The Morgan fingerprint density at radius 1 is 0.974 bits per heavy atom. The first-order chi connectivity index (χ1) is 18.1. The van der Waals surface area contributed by atoms with Crippen molar-refractivity contribution < 1.29 is 22.4 Å². The van der Waals surface area contributed by atoms with Crippen LogP contribution in [-0.2, 0) is 17.5 Å². The molecule has 1 saturated carbocycles. The number of carbonyl (C=O) groups excluding carboxylic acids is 1. The Morgan fingerprint density at radius 3 is 2.39 bits per heavy atom. The van der Waals surface area contributed by atoms with Gasteiger partial charge in [0.2, 0.25) is 5.91 Å². The van der Waals surface area contributed by atoms with Gasteiger partial charge in [-0.05, 0) is 67.5 Å². The minimum atomic E-state index is -4.57. The number of aryl methyl sites for hydroxylation is 1. The maximum Gasteiger partial charge on any atom is 0.418 e.